The molecule has 100 heavy (non-hydrogen) atoms. The minimum atomic E-state index is -4.12. The summed E-state index contributed by atoms with van der Waals surface area (Å²) in [6, 6.07) is 0. The van der Waals surface area contributed by atoms with Crippen LogP contribution in [-0.4, -0.2) is 30.4 Å². The van der Waals surface area contributed by atoms with Crippen LogP contribution < -0.4 is 0 Å². The normalized spacial score (nSPS) is 16.0. The van der Waals surface area contributed by atoms with Crippen LogP contribution in [0.25, 0.3) is 0 Å². The maximum atomic E-state index is 13.2. The highest BCUT2D eigenvalue weighted by molar-refractivity contribution is 4.90. The molecular formula is C87H181F13. The predicted octanol–water partition coefficient (Wildman–Crippen LogP) is 35.9. The summed E-state index contributed by atoms with van der Waals surface area (Å²) in [4.78, 5) is 0. The van der Waals surface area contributed by atoms with Crippen LogP contribution >= 0.6 is 0 Å². The molecule has 0 saturated heterocycles. The SMILES string of the molecule is CC(C)(C)C.CC(C)C(C(C)C)C(C)(C)C(F)(F)F.CC(C)C(C)(C)C.CC1(C)CCC(C)(F)CC1.CCC(C)(C(C)C)C(F)(F)F.CCC(C)(C)C.CCC(C)(CC)C(C)(C)C.CCC(C)(CC)C(F)(F)F.CCC(CC)C(C)(C)C.CCCC(C)(C)C.CCCC(C)(CC)C(F)(F)F. The summed E-state index contributed by atoms with van der Waals surface area (Å²) in [6.45, 7) is 94.8. The quantitative estimate of drug-likeness (QED) is 0.143. The van der Waals surface area contributed by atoms with Gasteiger partial charge in [0.05, 0.1) is 21.7 Å². The molecule has 1 saturated carbocycles. The van der Waals surface area contributed by atoms with Crippen molar-refractivity contribution in [2.24, 2.45) is 100 Å². The van der Waals surface area contributed by atoms with Gasteiger partial charge in [-0.15, -0.1) is 0 Å². The van der Waals surface area contributed by atoms with E-state index in [1.165, 1.54) is 79.6 Å². The Morgan fingerprint density at radius 2 is 0.590 bits per heavy atom. The number of hydrogen-bond acceptors (Lipinski definition) is 0. The third kappa shape index (κ3) is 59.2. The fraction of sp³-hybridized carbons (Fsp3) is 1.00. The Labute approximate surface area is 619 Å². The molecule has 0 heterocycles. The van der Waals surface area contributed by atoms with E-state index >= 15 is 0 Å². The Balaban J connectivity index is -0.000000112. The van der Waals surface area contributed by atoms with E-state index in [9.17, 15) is 57.1 Å². The summed E-state index contributed by atoms with van der Waals surface area (Å²) in [5.41, 5.74) is -2.96. The molecule has 0 aromatic heterocycles. The van der Waals surface area contributed by atoms with E-state index in [2.05, 4.69) is 208 Å². The van der Waals surface area contributed by atoms with Crippen LogP contribution in [0.3, 0.4) is 0 Å². The Morgan fingerprint density at radius 3 is 0.640 bits per heavy atom. The van der Waals surface area contributed by atoms with E-state index in [4.69, 9.17) is 0 Å². The molecule has 1 rings (SSSR count). The lowest BCUT2D eigenvalue weighted by molar-refractivity contribution is -0.239. The molecule has 620 valence electrons. The lowest BCUT2D eigenvalue weighted by Crippen LogP contribution is -2.43. The van der Waals surface area contributed by atoms with Crippen LogP contribution in [-0.2, 0) is 0 Å². The molecule has 13 heteroatoms. The largest absolute Gasteiger partial charge is 0.394 e. The van der Waals surface area contributed by atoms with Gasteiger partial charge in [0, 0.05) is 0 Å². The third-order valence-corrected chi connectivity index (χ3v) is 22.2. The topological polar surface area (TPSA) is 0 Å². The fourth-order valence-corrected chi connectivity index (χ4v) is 10.3. The highest BCUT2D eigenvalue weighted by Crippen LogP contribution is 2.51. The van der Waals surface area contributed by atoms with Gasteiger partial charge in [0.25, 0.3) is 0 Å². The Kier molecular flexibility index (Phi) is 60.0. The minimum absolute atomic E-state index is 0.0478. The summed E-state index contributed by atoms with van der Waals surface area (Å²) in [5, 5.41) is 0. The second-order valence-electron chi connectivity index (χ2n) is 40.3. The van der Waals surface area contributed by atoms with Gasteiger partial charge in [-0.05, 0) is 150 Å². The minimum Gasteiger partial charge on any atom is -0.244 e. The number of rotatable bonds is 15. The number of alkyl halides is 13. The van der Waals surface area contributed by atoms with Gasteiger partial charge in [-0.2, -0.15) is 52.7 Å². The molecule has 1 aliphatic carbocycles. The summed E-state index contributed by atoms with van der Waals surface area (Å²) in [6.07, 6.45) is -2.12. The van der Waals surface area contributed by atoms with E-state index in [1.807, 2.05) is 27.7 Å². The molecule has 1 fully saturated rings. The molecule has 2 atom stereocenters. The van der Waals surface area contributed by atoms with Crippen LogP contribution in [0.15, 0.2) is 0 Å². The van der Waals surface area contributed by atoms with Crippen LogP contribution in [0.5, 0.6) is 0 Å². The van der Waals surface area contributed by atoms with Crippen molar-refractivity contribution in [2.45, 2.75) is 465 Å². The number of halogens is 13. The second-order valence-corrected chi connectivity index (χ2v) is 40.3. The Morgan fingerprint density at radius 1 is 0.320 bits per heavy atom. The summed E-state index contributed by atoms with van der Waals surface area (Å²) >= 11 is 0. The van der Waals surface area contributed by atoms with Crippen molar-refractivity contribution in [1.29, 1.82) is 0 Å². The van der Waals surface area contributed by atoms with Crippen LogP contribution in [0, 0.1) is 100 Å². The smallest absolute Gasteiger partial charge is 0.244 e. The monoisotopic (exact) mass is 1470 g/mol. The Hall–Kier alpha value is -0.910. The van der Waals surface area contributed by atoms with Gasteiger partial charge in [-0.3, -0.25) is 0 Å². The first-order valence-electron chi connectivity index (χ1n) is 39.3. The third-order valence-electron chi connectivity index (χ3n) is 22.2. The second kappa shape index (κ2) is 49.9. The van der Waals surface area contributed by atoms with Crippen LogP contribution in [0.2, 0.25) is 0 Å². The molecule has 0 nitrogen and oxygen atoms in total. The first-order valence-corrected chi connectivity index (χ1v) is 39.3. The zero-order valence-electron chi connectivity index (χ0n) is 75.9. The van der Waals surface area contributed by atoms with Gasteiger partial charge in [0.1, 0.15) is 5.67 Å². The first-order chi connectivity index (χ1) is 43.4. The van der Waals surface area contributed by atoms with Crippen molar-refractivity contribution in [2.75, 3.05) is 0 Å². The van der Waals surface area contributed by atoms with Crippen molar-refractivity contribution in [3.05, 3.63) is 0 Å². The van der Waals surface area contributed by atoms with Gasteiger partial charge in [0.15, 0.2) is 0 Å². The van der Waals surface area contributed by atoms with Gasteiger partial charge in [-0.1, -0.05) is 363 Å². The van der Waals surface area contributed by atoms with Gasteiger partial charge >= 0.3 is 24.7 Å². The van der Waals surface area contributed by atoms with Crippen LogP contribution in [0.4, 0.5) is 57.1 Å². The van der Waals surface area contributed by atoms with Gasteiger partial charge in [-0.25, -0.2) is 4.39 Å². The highest BCUT2D eigenvalue weighted by Gasteiger charge is 2.54. The highest BCUT2D eigenvalue weighted by atomic mass is 19.4. The van der Waals surface area contributed by atoms with Crippen molar-refractivity contribution in [1.82, 2.24) is 0 Å². The fourth-order valence-electron chi connectivity index (χ4n) is 10.3. The van der Waals surface area contributed by atoms with Gasteiger partial charge < -0.3 is 0 Å². The molecule has 0 bridgehead atoms. The van der Waals surface area contributed by atoms with E-state index in [1.54, 1.807) is 55.4 Å². The maximum Gasteiger partial charge on any atom is 0.394 e. The molecule has 0 aliphatic heterocycles. The first kappa shape index (κ1) is 120. The molecule has 0 spiro atoms. The summed E-state index contributed by atoms with van der Waals surface area (Å²) in [5.74, 6) is 1.11. The van der Waals surface area contributed by atoms with E-state index in [0.717, 1.165) is 37.5 Å². The molecule has 0 aromatic carbocycles. The average molecular weight is 1470 g/mol. The van der Waals surface area contributed by atoms with Gasteiger partial charge in [0.2, 0.25) is 0 Å². The van der Waals surface area contributed by atoms with Crippen molar-refractivity contribution in [3.8, 4) is 0 Å². The molecule has 1 aliphatic rings. The standard InChI is InChI=1S/C11H21F3.C10H22.C9H17F.C9H20.2C8H15F3.C7H13F3.2C7H16.C6H14.C5H12/c1-7(2)9(8(3)4)10(5,6)11(12,13)14;1-7-10(6,8-2)9(3,4)5;1-8(2)4-6-9(3,10)7-5-8;1-6-8(7-2)9(3,4)5;1-5-7(4,6(2)3)8(9,10)11;1-4-6-7(3,5-2)8(9,10)11;1-4-6(3,5-2)7(8,9)10;1-6(2)7(3,4)5;1-5-6-7(2,3)4;1-5-6(2,3)4;1-5(2,3)4/h7-9H,1-6H3;7-8H2,1-6H3;4-7H2,1-3H3;8H,6-7H2,1-5H3;6H,5H2,1-4H3;4-6H2,1-3H3;4-5H2,1-3H3;6H,1-5H3;5-6H2,1-4H3;5H2,1-4H3;1-4H3. The lowest BCUT2D eigenvalue weighted by atomic mass is 9.65. The lowest BCUT2D eigenvalue weighted by Gasteiger charge is -2.41. The predicted molar refractivity (Wildman–Crippen MR) is 423 cm³/mol. The van der Waals surface area contributed by atoms with E-state index < -0.39 is 52.0 Å². The molecule has 0 radical (unpaired) electrons. The van der Waals surface area contributed by atoms with E-state index in [-0.39, 0.29) is 55.8 Å². The average Bonchev–Trinajstić information content (AvgIpc) is 0.801. The van der Waals surface area contributed by atoms with Crippen LogP contribution in [0.1, 0.15) is 435 Å². The zero-order chi connectivity index (χ0) is 84.0. The summed E-state index contributed by atoms with van der Waals surface area (Å²) in [7, 11) is 0. The molecular weight excluding hydrogens is 1290 g/mol. The summed E-state index contributed by atoms with van der Waals surface area (Å²) < 4.78 is 162. The van der Waals surface area contributed by atoms with E-state index in [0.29, 0.717) is 49.7 Å². The number of hydrogen-bond donors (Lipinski definition) is 0. The molecule has 0 aromatic rings. The maximum absolute atomic E-state index is 13.2. The zero-order valence-corrected chi connectivity index (χ0v) is 75.9. The molecule has 0 amide bonds. The van der Waals surface area contributed by atoms with Crippen molar-refractivity contribution in [3.63, 3.8) is 0 Å². The van der Waals surface area contributed by atoms with Crippen molar-refractivity contribution < 1.29 is 57.1 Å². The molecule has 2 unspecified atom stereocenters. The molecule has 0 N–H and O–H groups in total. The van der Waals surface area contributed by atoms with Crippen molar-refractivity contribution >= 4 is 0 Å². The Bertz CT molecular complexity index is 1800.